The Morgan fingerprint density at radius 3 is 2.70 bits per heavy atom. The molecule has 2 heterocycles. The number of hydrogen-bond acceptors (Lipinski definition) is 9. The molecule has 0 aliphatic carbocycles. The lowest BCUT2D eigenvalue weighted by atomic mass is 10.4. The van der Waals surface area contributed by atoms with Crippen LogP contribution in [0, 0.1) is 6.92 Å². The van der Waals surface area contributed by atoms with Crippen LogP contribution >= 0.6 is 0 Å². The van der Waals surface area contributed by atoms with Crippen LogP contribution in [0.3, 0.4) is 0 Å². The van der Waals surface area contributed by atoms with Gasteiger partial charge in [0.25, 0.3) is 0 Å². The Morgan fingerprint density at radius 1 is 1.20 bits per heavy atom. The maximum atomic E-state index is 5.30. The van der Waals surface area contributed by atoms with E-state index in [-0.39, 0.29) is 12.0 Å². The molecule has 106 valence electrons. The van der Waals surface area contributed by atoms with E-state index in [4.69, 9.17) is 10.6 Å². The van der Waals surface area contributed by atoms with E-state index in [9.17, 15) is 0 Å². The van der Waals surface area contributed by atoms with Crippen LogP contribution in [0.4, 0.5) is 11.9 Å². The summed E-state index contributed by atoms with van der Waals surface area (Å²) in [6.07, 6.45) is 1.70. The second kappa shape index (κ2) is 6.57. The molecule has 0 aliphatic heterocycles. The second-order valence-corrected chi connectivity index (χ2v) is 3.79. The van der Waals surface area contributed by atoms with Crippen molar-refractivity contribution in [3.63, 3.8) is 0 Å². The number of hydrazine groups is 1. The van der Waals surface area contributed by atoms with E-state index in [1.54, 1.807) is 6.20 Å². The van der Waals surface area contributed by atoms with Crippen molar-refractivity contribution in [2.75, 3.05) is 17.3 Å². The van der Waals surface area contributed by atoms with Gasteiger partial charge in [-0.05, 0) is 19.9 Å². The van der Waals surface area contributed by atoms with Gasteiger partial charge in [-0.25, -0.2) is 15.8 Å². The minimum absolute atomic E-state index is 0.205. The Bertz CT molecular complexity index is 576. The molecule has 0 saturated heterocycles. The molecule has 2 aromatic rings. The van der Waals surface area contributed by atoms with Gasteiger partial charge in [0.15, 0.2) is 0 Å². The van der Waals surface area contributed by atoms with Crippen LogP contribution in [0.1, 0.15) is 18.4 Å². The fourth-order valence-corrected chi connectivity index (χ4v) is 1.47. The number of nitrogens with zero attached hydrogens (tertiary/aromatic N) is 5. The molecule has 0 bridgehead atoms. The topological polar surface area (TPSA) is 124 Å². The molecule has 4 N–H and O–H groups in total. The normalized spacial score (nSPS) is 10.2. The van der Waals surface area contributed by atoms with Gasteiger partial charge >= 0.3 is 6.01 Å². The summed E-state index contributed by atoms with van der Waals surface area (Å²) in [6, 6.07) is 2.02. The highest BCUT2D eigenvalue weighted by Crippen LogP contribution is 2.11. The summed E-state index contributed by atoms with van der Waals surface area (Å²) in [7, 11) is 0. The standard InChI is InChI=1S/C11H16N8O/c1-3-20-11-17-9(16-10(18-11)19-12)14-6-8-4-5-13-7(2)15-8/h4-5H,3,6,12H2,1-2H3,(H2,14,16,17,18,19). The van der Waals surface area contributed by atoms with Crippen LogP contribution in [0.5, 0.6) is 6.01 Å². The smallest absolute Gasteiger partial charge is 0.323 e. The third-order valence-electron chi connectivity index (χ3n) is 2.28. The Kier molecular flexibility index (Phi) is 4.56. The van der Waals surface area contributed by atoms with Crippen molar-refractivity contribution in [3.8, 4) is 6.01 Å². The molecular weight excluding hydrogens is 260 g/mol. The number of aromatic nitrogens is 5. The van der Waals surface area contributed by atoms with Crippen molar-refractivity contribution in [1.82, 2.24) is 24.9 Å². The minimum Gasteiger partial charge on any atom is -0.464 e. The van der Waals surface area contributed by atoms with E-state index in [0.717, 1.165) is 5.69 Å². The third-order valence-corrected chi connectivity index (χ3v) is 2.28. The molecule has 0 unspecified atom stereocenters. The summed E-state index contributed by atoms with van der Waals surface area (Å²) in [5.41, 5.74) is 3.20. The van der Waals surface area contributed by atoms with Gasteiger partial charge in [-0.2, -0.15) is 15.0 Å². The molecule has 0 amide bonds. The summed E-state index contributed by atoms with van der Waals surface area (Å²) in [6.45, 7) is 4.59. The van der Waals surface area contributed by atoms with Gasteiger partial charge in [0, 0.05) is 6.20 Å². The molecular formula is C11H16N8O. The fourth-order valence-electron chi connectivity index (χ4n) is 1.47. The average molecular weight is 276 g/mol. The SMILES string of the molecule is CCOc1nc(NN)nc(NCc2ccnc(C)n2)n1. The predicted octanol–water partition coefficient (Wildman–Crippen LogP) is 0.266. The van der Waals surface area contributed by atoms with Crippen molar-refractivity contribution < 1.29 is 4.74 Å². The van der Waals surface area contributed by atoms with Gasteiger partial charge in [-0.1, -0.05) is 0 Å². The van der Waals surface area contributed by atoms with Crippen molar-refractivity contribution in [3.05, 3.63) is 23.8 Å². The van der Waals surface area contributed by atoms with Crippen LogP contribution in [0.15, 0.2) is 12.3 Å². The zero-order valence-electron chi connectivity index (χ0n) is 11.3. The predicted molar refractivity (Wildman–Crippen MR) is 72.9 cm³/mol. The monoisotopic (exact) mass is 276 g/mol. The van der Waals surface area contributed by atoms with Gasteiger partial charge in [0.2, 0.25) is 11.9 Å². The first-order valence-corrected chi connectivity index (χ1v) is 6.09. The highest BCUT2D eigenvalue weighted by atomic mass is 16.5. The highest BCUT2D eigenvalue weighted by molar-refractivity contribution is 5.35. The Morgan fingerprint density at radius 2 is 2.00 bits per heavy atom. The van der Waals surface area contributed by atoms with E-state index in [1.807, 2.05) is 19.9 Å². The summed E-state index contributed by atoms with van der Waals surface area (Å²) in [4.78, 5) is 20.5. The van der Waals surface area contributed by atoms with Crippen molar-refractivity contribution in [2.24, 2.45) is 5.84 Å². The van der Waals surface area contributed by atoms with Crippen LogP contribution in [-0.2, 0) is 6.54 Å². The molecule has 9 heteroatoms. The number of nitrogens with two attached hydrogens (primary N) is 1. The molecule has 0 radical (unpaired) electrons. The van der Waals surface area contributed by atoms with Crippen LogP contribution in [0.25, 0.3) is 0 Å². The summed E-state index contributed by atoms with van der Waals surface area (Å²) >= 11 is 0. The van der Waals surface area contributed by atoms with Crippen LogP contribution in [-0.4, -0.2) is 31.5 Å². The zero-order chi connectivity index (χ0) is 14.4. The molecule has 0 saturated carbocycles. The Labute approximate surface area is 116 Å². The molecule has 20 heavy (non-hydrogen) atoms. The largest absolute Gasteiger partial charge is 0.464 e. The lowest BCUT2D eigenvalue weighted by Crippen LogP contribution is -2.14. The first-order valence-electron chi connectivity index (χ1n) is 6.09. The van der Waals surface area contributed by atoms with Crippen molar-refractivity contribution in [2.45, 2.75) is 20.4 Å². The average Bonchev–Trinajstić information content (AvgIpc) is 2.45. The van der Waals surface area contributed by atoms with E-state index in [1.165, 1.54) is 0 Å². The lowest BCUT2D eigenvalue weighted by molar-refractivity contribution is 0.312. The van der Waals surface area contributed by atoms with Gasteiger partial charge in [-0.15, -0.1) is 0 Å². The second-order valence-electron chi connectivity index (χ2n) is 3.79. The first kappa shape index (κ1) is 13.9. The minimum atomic E-state index is 0.205. The molecule has 0 aliphatic rings. The van der Waals surface area contributed by atoms with Crippen LogP contribution in [0.2, 0.25) is 0 Å². The number of nitrogen functional groups attached to an aromatic ring is 1. The number of anilines is 2. The summed E-state index contributed by atoms with van der Waals surface area (Å²) < 4.78 is 5.24. The van der Waals surface area contributed by atoms with Crippen molar-refractivity contribution >= 4 is 11.9 Å². The van der Waals surface area contributed by atoms with E-state index in [2.05, 4.69) is 35.7 Å². The number of rotatable bonds is 6. The van der Waals surface area contributed by atoms with Crippen LogP contribution < -0.4 is 21.3 Å². The molecule has 0 aromatic carbocycles. The molecule has 2 rings (SSSR count). The third kappa shape index (κ3) is 3.72. The van der Waals surface area contributed by atoms with Crippen molar-refractivity contribution in [1.29, 1.82) is 0 Å². The molecule has 2 aromatic heterocycles. The zero-order valence-corrected chi connectivity index (χ0v) is 11.3. The molecule has 0 spiro atoms. The maximum Gasteiger partial charge on any atom is 0.323 e. The van der Waals surface area contributed by atoms with E-state index < -0.39 is 0 Å². The quantitative estimate of drug-likeness (QED) is 0.503. The molecule has 0 fully saturated rings. The summed E-state index contributed by atoms with van der Waals surface area (Å²) in [5.74, 6) is 6.59. The van der Waals surface area contributed by atoms with Gasteiger partial charge in [-0.3, -0.25) is 5.43 Å². The maximum absolute atomic E-state index is 5.30. The van der Waals surface area contributed by atoms with Gasteiger partial charge in [0.1, 0.15) is 5.82 Å². The molecule has 0 atom stereocenters. The Hall–Kier alpha value is -2.55. The number of aryl methyl sites for hydroxylation is 1. The van der Waals surface area contributed by atoms with E-state index in [0.29, 0.717) is 24.9 Å². The van der Waals surface area contributed by atoms with Gasteiger partial charge in [0.05, 0.1) is 18.8 Å². The first-order chi connectivity index (χ1) is 9.71. The lowest BCUT2D eigenvalue weighted by Gasteiger charge is -2.08. The Balaban J connectivity index is 2.10. The summed E-state index contributed by atoms with van der Waals surface area (Å²) in [5, 5.41) is 3.03. The van der Waals surface area contributed by atoms with E-state index >= 15 is 0 Å². The number of nitrogens with one attached hydrogen (secondary N) is 2. The van der Waals surface area contributed by atoms with Gasteiger partial charge < -0.3 is 10.1 Å². The fraction of sp³-hybridized carbons (Fsp3) is 0.364. The highest BCUT2D eigenvalue weighted by Gasteiger charge is 2.06. The number of ether oxygens (including phenoxy) is 1. The molecule has 9 nitrogen and oxygen atoms in total. The number of hydrogen-bond donors (Lipinski definition) is 3.